The molecule has 0 saturated heterocycles. The van der Waals surface area contributed by atoms with E-state index in [9.17, 15) is 4.79 Å². The fraction of sp³-hybridized carbons (Fsp3) is 0.467. The van der Waals surface area contributed by atoms with E-state index in [4.69, 9.17) is 0 Å². The number of aromatic nitrogens is 4. The Morgan fingerprint density at radius 2 is 2.05 bits per heavy atom. The van der Waals surface area contributed by atoms with E-state index in [2.05, 4.69) is 25.5 Å². The highest BCUT2D eigenvalue weighted by atomic mass is 16.1. The average Bonchev–Trinajstić information content (AvgIpc) is 2.84. The van der Waals surface area contributed by atoms with Crippen LogP contribution >= 0.6 is 0 Å². The number of nitrogens with zero attached hydrogens (tertiary/aromatic N) is 3. The van der Waals surface area contributed by atoms with Gasteiger partial charge in [-0.05, 0) is 31.9 Å². The van der Waals surface area contributed by atoms with Gasteiger partial charge in [0.1, 0.15) is 5.82 Å². The molecule has 0 bridgehead atoms. The van der Waals surface area contributed by atoms with Gasteiger partial charge in [-0.2, -0.15) is 5.10 Å². The monoisotopic (exact) mass is 287 g/mol. The third kappa shape index (κ3) is 3.87. The summed E-state index contributed by atoms with van der Waals surface area (Å²) in [5.74, 6) is 1.60. The number of hydrogen-bond donors (Lipinski definition) is 2. The van der Waals surface area contributed by atoms with Crippen LogP contribution in [0.15, 0.2) is 12.1 Å². The van der Waals surface area contributed by atoms with Gasteiger partial charge in [0.2, 0.25) is 0 Å². The molecule has 0 aliphatic heterocycles. The number of hydrogen-bond acceptors (Lipinski definition) is 4. The molecule has 112 valence electrons. The summed E-state index contributed by atoms with van der Waals surface area (Å²) in [6.45, 7) is 8.35. The van der Waals surface area contributed by atoms with Crippen LogP contribution in [0, 0.1) is 13.8 Å². The third-order valence-electron chi connectivity index (χ3n) is 3.13. The molecule has 0 radical (unpaired) electrons. The molecule has 0 aromatic carbocycles. The van der Waals surface area contributed by atoms with Crippen molar-refractivity contribution in [2.75, 3.05) is 6.54 Å². The van der Waals surface area contributed by atoms with Gasteiger partial charge in [-0.15, -0.1) is 0 Å². The standard InChI is InChI=1S/C15H21N5O/c1-9(2)14-12(6-5-10(3)17-14)15(21)16-8-7-13-18-11(4)19-20-13/h5-6,9H,7-8H2,1-4H3,(H,16,21)(H,18,19,20). The molecular weight excluding hydrogens is 266 g/mol. The summed E-state index contributed by atoms with van der Waals surface area (Å²) < 4.78 is 0. The number of amides is 1. The topological polar surface area (TPSA) is 83.6 Å². The maximum absolute atomic E-state index is 12.3. The van der Waals surface area contributed by atoms with Crippen molar-refractivity contribution < 1.29 is 4.79 Å². The molecule has 6 heteroatoms. The van der Waals surface area contributed by atoms with Gasteiger partial charge >= 0.3 is 0 Å². The van der Waals surface area contributed by atoms with Crippen LogP contribution in [0.3, 0.4) is 0 Å². The van der Waals surface area contributed by atoms with Crippen LogP contribution in [0.2, 0.25) is 0 Å². The molecule has 2 heterocycles. The molecule has 0 unspecified atom stereocenters. The van der Waals surface area contributed by atoms with E-state index in [1.165, 1.54) is 0 Å². The van der Waals surface area contributed by atoms with E-state index in [-0.39, 0.29) is 11.8 Å². The lowest BCUT2D eigenvalue weighted by molar-refractivity contribution is 0.0952. The van der Waals surface area contributed by atoms with Gasteiger partial charge in [-0.1, -0.05) is 13.8 Å². The smallest absolute Gasteiger partial charge is 0.253 e. The van der Waals surface area contributed by atoms with E-state index in [1.807, 2.05) is 39.8 Å². The molecule has 0 saturated carbocycles. The molecule has 0 aliphatic rings. The van der Waals surface area contributed by atoms with Gasteiger partial charge in [0, 0.05) is 18.7 Å². The molecule has 0 fully saturated rings. The Balaban J connectivity index is 2.00. The first-order valence-corrected chi connectivity index (χ1v) is 7.11. The summed E-state index contributed by atoms with van der Waals surface area (Å²) in [4.78, 5) is 21.0. The number of carbonyl (C=O) groups excluding carboxylic acids is 1. The second-order valence-corrected chi connectivity index (χ2v) is 5.38. The molecule has 2 aromatic rings. The first kappa shape index (κ1) is 15.2. The van der Waals surface area contributed by atoms with Crippen molar-refractivity contribution in [1.29, 1.82) is 0 Å². The van der Waals surface area contributed by atoms with Gasteiger partial charge in [-0.25, -0.2) is 4.98 Å². The molecule has 0 aliphatic carbocycles. The maximum Gasteiger partial charge on any atom is 0.253 e. The van der Waals surface area contributed by atoms with Crippen molar-refractivity contribution in [3.8, 4) is 0 Å². The Morgan fingerprint density at radius 3 is 2.67 bits per heavy atom. The summed E-state index contributed by atoms with van der Waals surface area (Å²) in [5.41, 5.74) is 2.40. The van der Waals surface area contributed by atoms with E-state index >= 15 is 0 Å². The minimum absolute atomic E-state index is 0.0987. The molecule has 0 spiro atoms. The van der Waals surface area contributed by atoms with Crippen molar-refractivity contribution in [3.05, 3.63) is 40.7 Å². The zero-order chi connectivity index (χ0) is 15.4. The van der Waals surface area contributed by atoms with Crippen LogP contribution in [0.4, 0.5) is 0 Å². The Morgan fingerprint density at radius 1 is 1.29 bits per heavy atom. The lowest BCUT2D eigenvalue weighted by Gasteiger charge is -2.12. The molecule has 21 heavy (non-hydrogen) atoms. The van der Waals surface area contributed by atoms with Crippen molar-refractivity contribution >= 4 is 5.91 Å². The average molecular weight is 287 g/mol. The highest BCUT2D eigenvalue weighted by Gasteiger charge is 2.15. The summed E-state index contributed by atoms with van der Waals surface area (Å²) in [5, 5.41) is 9.73. The van der Waals surface area contributed by atoms with E-state index in [1.54, 1.807) is 0 Å². The minimum atomic E-state index is -0.0987. The summed E-state index contributed by atoms with van der Waals surface area (Å²) in [6, 6.07) is 3.70. The first-order chi connectivity index (χ1) is 9.97. The summed E-state index contributed by atoms with van der Waals surface area (Å²) in [6.07, 6.45) is 0.604. The normalized spacial score (nSPS) is 10.9. The summed E-state index contributed by atoms with van der Waals surface area (Å²) in [7, 11) is 0. The lowest BCUT2D eigenvalue weighted by Crippen LogP contribution is -2.27. The third-order valence-corrected chi connectivity index (χ3v) is 3.13. The molecule has 2 N–H and O–H groups in total. The lowest BCUT2D eigenvalue weighted by atomic mass is 10.0. The highest BCUT2D eigenvalue weighted by molar-refractivity contribution is 5.95. The minimum Gasteiger partial charge on any atom is -0.352 e. The van der Waals surface area contributed by atoms with Crippen molar-refractivity contribution in [3.63, 3.8) is 0 Å². The van der Waals surface area contributed by atoms with Crippen LogP contribution in [-0.2, 0) is 6.42 Å². The van der Waals surface area contributed by atoms with E-state index < -0.39 is 0 Å². The fourth-order valence-corrected chi connectivity index (χ4v) is 2.09. The van der Waals surface area contributed by atoms with Gasteiger partial charge in [0.15, 0.2) is 5.82 Å². The second kappa shape index (κ2) is 6.47. The number of pyridine rings is 1. The largest absolute Gasteiger partial charge is 0.352 e. The molecule has 1 amide bonds. The van der Waals surface area contributed by atoms with Crippen LogP contribution < -0.4 is 5.32 Å². The first-order valence-electron chi connectivity index (χ1n) is 7.11. The van der Waals surface area contributed by atoms with Gasteiger partial charge < -0.3 is 5.32 Å². The molecule has 2 rings (SSSR count). The number of rotatable bonds is 5. The highest BCUT2D eigenvalue weighted by Crippen LogP contribution is 2.17. The molecule has 6 nitrogen and oxygen atoms in total. The number of aromatic amines is 1. The Kier molecular flexibility index (Phi) is 4.67. The molecule has 0 atom stereocenters. The summed E-state index contributed by atoms with van der Waals surface area (Å²) >= 11 is 0. The Bertz CT molecular complexity index is 633. The van der Waals surface area contributed by atoms with Crippen LogP contribution in [0.1, 0.15) is 53.2 Å². The zero-order valence-corrected chi connectivity index (χ0v) is 12.9. The fourth-order valence-electron chi connectivity index (χ4n) is 2.09. The Hall–Kier alpha value is -2.24. The maximum atomic E-state index is 12.3. The van der Waals surface area contributed by atoms with Crippen molar-refractivity contribution in [2.24, 2.45) is 0 Å². The van der Waals surface area contributed by atoms with Gasteiger partial charge in [0.05, 0.1) is 11.3 Å². The molecule has 2 aromatic heterocycles. The number of carbonyl (C=O) groups is 1. The van der Waals surface area contributed by atoms with Crippen LogP contribution in [0.25, 0.3) is 0 Å². The van der Waals surface area contributed by atoms with Crippen molar-refractivity contribution in [2.45, 2.75) is 40.0 Å². The predicted octanol–water partition coefficient (Wildman–Crippen LogP) is 1.91. The quantitative estimate of drug-likeness (QED) is 0.880. The van der Waals surface area contributed by atoms with Crippen LogP contribution in [-0.4, -0.2) is 32.6 Å². The zero-order valence-electron chi connectivity index (χ0n) is 12.9. The van der Waals surface area contributed by atoms with E-state index in [0.29, 0.717) is 24.4 Å². The Labute approximate surface area is 124 Å². The van der Waals surface area contributed by atoms with Gasteiger partial charge in [0.25, 0.3) is 5.91 Å². The van der Waals surface area contributed by atoms with E-state index in [0.717, 1.165) is 17.2 Å². The van der Waals surface area contributed by atoms with Crippen molar-refractivity contribution in [1.82, 2.24) is 25.5 Å². The number of nitrogens with one attached hydrogen (secondary N) is 2. The number of aryl methyl sites for hydroxylation is 2. The number of H-pyrrole nitrogens is 1. The van der Waals surface area contributed by atoms with Gasteiger partial charge in [-0.3, -0.25) is 14.9 Å². The molecular formula is C15H21N5O. The predicted molar refractivity (Wildman–Crippen MR) is 80.2 cm³/mol. The SMILES string of the molecule is Cc1ccc(C(=O)NCCc2n[nH]c(C)n2)c(C(C)C)n1. The second-order valence-electron chi connectivity index (χ2n) is 5.38. The van der Waals surface area contributed by atoms with Crippen LogP contribution in [0.5, 0.6) is 0 Å².